The standard InChI is InChI=1S/C14H14FN3S/c1-9-5-6-11(8-12(9)15)17-14(19)18-13-10(2)4-3-7-16-13/h3-8H,1-2H3,(H2,16,17,18,19). The lowest BCUT2D eigenvalue weighted by atomic mass is 10.2. The highest BCUT2D eigenvalue weighted by atomic mass is 32.1. The van der Waals surface area contributed by atoms with E-state index in [0.29, 0.717) is 22.2 Å². The fourth-order valence-electron chi connectivity index (χ4n) is 1.56. The highest BCUT2D eigenvalue weighted by molar-refractivity contribution is 7.80. The Morgan fingerprint density at radius 1 is 1.16 bits per heavy atom. The first kappa shape index (κ1) is 13.4. The van der Waals surface area contributed by atoms with Crippen molar-refractivity contribution in [2.24, 2.45) is 0 Å². The Morgan fingerprint density at radius 2 is 1.95 bits per heavy atom. The van der Waals surface area contributed by atoms with Gasteiger partial charge in [-0.15, -0.1) is 0 Å². The SMILES string of the molecule is Cc1ccc(NC(=S)Nc2ncccc2C)cc1F. The Labute approximate surface area is 116 Å². The predicted octanol–water partition coefficient (Wildman–Crippen LogP) is 3.65. The summed E-state index contributed by atoms with van der Waals surface area (Å²) in [5.74, 6) is 0.425. The van der Waals surface area contributed by atoms with Crippen molar-refractivity contribution in [2.75, 3.05) is 10.6 Å². The van der Waals surface area contributed by atoms with Crippen molar-refractivity contribution >= 4 is 28.8 Å². The highest BCUT2D eigenvalue weighted by Crippen LogP contribution is 2.15. The summed E-state index contributed by atoms with van der Waals surface area (Å²) in [6.07, 6.45) is 1.68. The van der Waals surface area contributed by atoms with E-state index in [1.54, 1.807) is 25.3 Å². The zero-order chi connectivity index (χ0) is 13.8. The molecule has 0 amide bonds. The second-order valence-corrected chi connectivity index (χ2v) is 4.62. The van der Waals surface area contributed by atoms with Crippen LogP contribution in [-0.2, 0) is 0 Å². The fraction of sp³-hybridized carbons (Fsp3) is 0.143. The fourth-order valence-corrected chi connectivity index (χ4v) is 1.77. The van der Waals surface area contributed by atoms with Gasteiger partial charge in [0.15, 0.2) is 5.11 Å². The lowest BCUT2D eigenvalue weighted by Crippen LogP contribution is -2.20. The van der Waals surface area contributed by atoms with Gasteiger partial charge in [0.05, 0.1) is 0 Å². The molecule has 0 saturated heterocycles. The Kier molecular flexibility index (Phi) is 4.06. The minimum absolute atomic E-state index is 0.262. The smallest absolute Gasteiger partial charge is 0.176 e. The molecule has 5 heteroatoms. The molecular formula is C14H14FN3S. The van der Waals surface area contributed by atoms with Crippen LogP contribution in [-0.4, -0.2) is 10.1 Å². The van der Waals surface area contributed by atoms with Gasteiger partial charge in [0.1, 0.15) is 11.6 Å². The van der Waals surface area contributed by atoms with Gasteiger partial charge in [-0.1, -0.05) is 12.1 Å². The molecule has 98 valence electrons. The first-order valence-electron chi connectivity index (χ1n) is 5.82. The van der Waals surface area contributed by atoms with Crippen LogP contribution >= 0.6 is 12.2 Å². The van der Waals surface area contributed by atoms with Gasteiger partial charge in [-0.2, -0.15) is 0 Å². The molecule has 2 N–H and O–H groups in total. The lowest BCUT2D eigenvalue weighted by molar-refractivity contribution is 0.619. The zero-order valence-corrected chi connectivity index (χ0v) is 11.5. The largest absolute Gasteiger partial charge is 0.332 e. The third-order valence-corrected chi connectivity index (χ3v) is 2.88. The average Bonchev–Trinajstić information content (AvgIpc) is 2.37. The first-order valence-corrected chi connectivity index (χ1v) is 6.23. The molecule has 0 spiro atoms. The van der Waals surface area contributed by atoms with Crippen molar-refractivity contribution in [2.45, 2.75) is 13.8 Å². The van der Waals surface area contributed by atoms with Gasteiger partial charge in [0.25, 0.3) is 0 Å². The summed E-state index contributed by atoms with van der Waals surface area (Å²) in [6.45, 7) is 3.65. The van der Waals surface area contributed by atoms with Crippen LogP contribution in [0.4, 0.5) is 15.9 Å². The van der Waals surface area contributed by atoms with E-state index in [9.17, 15) is 4.39 Å². The van der Waals surface area contributed by atoms with Crippen molar-refractivity contribution in [3.63, 3.8) is 0 Å². The second kappa shape index (κ2) is 5.75. The molecule has 2 aromatic rings. The van der Waals surface area contributed by atoms with Crippen LogP contribution in [0.1, 0.15) is 11.1 Å². The maximum Gasteiger partial charge on any atom is 0.176 e. The number of hydrogen-bond acceptors (Lipinski definition) is 2. The molecule has 0 unspecified atom stereocenters. The third-order valence-electron chi connectivity index (χ3n) is 2.67. The summed E-state index contributed by atoms with van der Waals surface area (Å²) in [4.78, 5) is 4.18. The molecule has 19 heavy (non-hydrogen) atoms. The van der Waals surface area contributed by atoms with Gasteiger partial charge in [-0.05, 0) is 55.4 Å². The number of rotatable bonds is 2. The summed E-state index contributed by atoms with van der Waals surface area (Å²) in [5.41, 5.74) is 2.20. The van der Waals surface area contributed by atoms with Crippen LogP contribution in [0, 0.1) is 19.7 Å². The van der Waals surface area contributed by atoms with E-state index in [4.69, 9.17) is 12.2 Å². The molecule has 0 aliphatic heterocycles. The van der Waals surface area contributed by atoms with Gasteiger partial charge in [0.2, 0.25) is 0 Å². The number of thiocarbonyl (C=S) groups is 1. The van der Waals surface area contributed by atoms with Crippen LogP contribution in [0.3, 0.4) is 0 Å². The summed E-state index contributed by atoms with van der Waals surface area (Å²) in [5, 5.41) is 6.29. The number of anilines is 2. The minimum Gasteiger partial charge on any atom is -0.332 e. The van der Waals surface area contributed by atoms with Crippen molar-refractivity contribution in [3.8, 4) is 0 Å². The second-order valence-electron chi connectivity index (χ2n) is 4.21. The van der Waals surface area contributed by atoms with Crippen molar-refractivity contribution < 1.29 is 4.39 Å². The van der Waals surface area contributed by atoms with E-state index in [-0.39, 0.29) is 5.82 Å². The number of nitrogens with one attached hydrogen (secondary N) is 2. The molecule has 0 aliphatic carbocycles. The van der Waals surface area contributed by atoms with E-state index in [2.05, 4.69) is 15.6 Å². The summed E-state index contributed by atoms with van der Waals surface area (Å²) in [7, 11) is 0. The minimum atomic E-state index is -0.262. The number of benzene rings is 1. The molecule has 0 fully saturated rings. The molecule has 1 aromatic carbocycles. The maximum absolute atomic E-state index is 13.4. The van der Waals surface area contributed by atoms with E-state index in [1.807, 2.05) is 19.1 Å². The number of aromatic nitrogens is 1. The molecule has 0 atom stereocenters. The van der Waals surface area contributed by atoms with E-state index in [0.717, 1.165) is 5.56 Å². The molecule has 2 rings (SSSR count). The van der Waals surface area contributed by atoms with Gasteiger partial charge < -0.3 is 10.6 Å². The third kappa shape index (κ3) is 3.48. The van der Waals surface area contributed by atoms with Crippen LogP contribution in [0.2, 0.25) is 0 Å². The molecule has 0 bridgehead atoms. The topological polar surface area (TPSA) is 37.0 Å². The molecule has 1 heterocycles. The number of hydrogen-bond donors (Lipinski definition) is 2. The number of aryl methyl sites for hydroxylation is 2. The van der Waals surface area contributed by atoms with E-state index < -0.39 is 0 Å². The van der Waals surface area contributed by atoms with Crippen molar-refractivity contribution in [3.05, 3.63) is 53.5 Å². The predicted molar refractivity (Wildman–Crippen MR) is 80.0 cm³/mol. The van der Waals surface area contributed by atoms with Crippen LogP contribution in [0.5, 0.6) is 0 Å². The lowest BCUT2D eigenvalue weighted by Gasteiger charge is -2.11. The number of nitrogens with zero attached hydrogens (tertiary/aromatic N) is 1. The van der Waals surface area contributed by atoms with Crippen molar-refractivity contribution in [1.82, 2.24) is 4.98 Å². The van der Waals surface area contributed by atoms with E-state index >= 15 is 0 Å². The van der Waals surface area contributed by atoms with Crippen LogP contribution in [0.25, 0.3) is 0 Å². The monoisotopic (exact) mass is 275 g/mol. The highest BCUT2D eigenvalue weighted by Gasteiger charge is 2.04. The average molecular weight is 275 g/mol. The van der Waals surface area contributed by atoms with Crippen LogP contribution in [0.15, 0.2) is 36.5 Å². The molecule has 3 nitrogen and oxygen atoms in total. The van der Waals surface area contributed by atoms with Gasteiger partial charge in [0, 0.05) is 11.9 Å². The van der Waals surface area contributed by atoms with E-state index in [1.165, 1.54) is 6.07 Å². The van der Waals surface area contributed by atoms with Gasteiger partial charge >= 0.3 is 0 Å². The summed E-state index contributed by atoms with van der Waals surface area (Å²) >= 11 is 5.17. The molecule has 0 saturated carbocycles. The van der Waals surface area contributed by atoms with Gasteiger partial charge in [-0.25, -0.2) is 9.37 Å². The Morgan fingerprint density at radius 3 is 2.63 bits per heavy atom. The summed E-state index contributed by atoms with van der Waals surface area (Å²) < 4.78 is 13.4. The Hall–Kier alpha value is -2.01. The van der Waals surface area contributed by atoms with Crippen LogP contribution < -0.4 is 10.6 Å². The molecular weight excluding hydrogens is 261 g/mol. The maximum atomic E-state index is 13.4. The summed E-state index contributed by atoms with van der Waals surface area (Å²) in [6, 6.07) is 8.67. The zero-order valence-electron chi connectivity index (χ0n) is 10.7. The van der Waals surface area contributed by atoms with Gasteiger partial charge in [-0.3, -0.25) is 0 Å². The Bertz CT molecular complexity index is 613. The van der Waals surface area contributed by atoms with Crippen molar-refractivity contribution in [1.29, 1.82) is 0 Å². The first-order chi connectivity index (χ1) is 9.06. The Balaban J connectivity index is 2.05. The number of halogens is 1. The molecule has 0 aliphatic rings. The molecule has 0 radical (unpaired) electrons. The quantitative estimate of drug-likeness (QED) is 0.820. The number of pyridine rings is 1. The normalized spacial score (nSPS) is 10.1. The molecule has 1 aromatic heterocycles.